The first-order chi connectivity index (χ1) is 4.61. The van der Waals surface area contributed by atoms with E-state index in [0.717, 1.165) is 0 Å². The van der Waals surface area contributed by atoms with Gasteiger partial charge in [-0.05, 0) is 0 Å². The Morgan fingerprint density at radius 3 is 1.90 bits per heavy atom. The molecule has 0 N–H and O–H groups in total. The van der Waals surface area contributed by atoms with Gasteiger partial charge >= 0.3 is 81.0 Å². The third-order valence-electron chi connectivity index (χ3n) is 1.10. The maximum atomic E-state index is 6.10. The summed E-state index contributed by atoms with van der Waals surface area (Å²) in [6.45, 7) is 0. The standard InChI is InChI=1S/C6H5.2BrH.ClH.Sn/c1-2-4-6-5-3-1;;;;/h1-5H;3*1H;/q;;;;+3/p-3. The fourth-order valence-electron chi connectivity index (χ4n) is 0.627. The van der Waals surface area contributed by atoms with Crippen LogP contribution in [0.2, 0.25) is 0 Å². The molecule has 1 aromatic carbocycles. The third-order valence-corrected chi connectivity index (χ3v) is 11.5. The average Bonchev–Trinajstić information content (AvgIpc) is 1.88. The SMILES string of the molecule is [Cl][Sn]([Br])([Br])[c]1ccccc1. The van der Waals surface area contributed by atoms with Crippen molar-refractivity contribution in [1.82, 2.24) is 0 Å². The van der Waals surface area contributed by atoms with Gasteiger partial charge in [-0.1, -0.05) is 0 Å². The van der Waals surface area contributed by atoms with Crippen LogP contribution in [-0.4, -0.2) is 12.8 Å². The number of hydrogen-bond acceptors (Lipinski definition) is 0. The zero-order chi connectivity index (χ0) is 7.61. The second-order valence-corrected chi connectivity index (χ2v) is 39.4. The Kier molecular flexibility index (Phi) is 3.54. The molecule has 10 heavy (non-hydrogen) atoms. The van der Waals surface area contributed by atoms with Crippen molar-refractivity contribution in [2.75, 3.05) is 0 Å². The van der Waals surface area contributed by atoms with Crippen LogP contribution in [0.5, 0.6) is 0 Å². The van der Waals surface area contributed by atoms with Crippen LogP contribution >= 0.6 is 34.3 Å². The van der Waals surface area contributed by atoms with Crippen LogP contribution in [0.15, 0.2) is 30.3 Å². The van der Waals surface area contributed by atoms with Crippen molar-refractivity contribution >= 4 is 50.7 Å². The molecule has 0 aromatic heterocycles. The fourth-order valence-corrected chi connectivity index (χ4v) is 6.65. The molecule has 0 saturated carbocycles. The van der Waals surface area contributed by atoms with E-state index in [1.54, 1.807) is 0 Å². The predicted molar refractivity (Wildman–Crippen MR) is 55.5 cm³/mol. The minimum absolute atomic E-state index is 1.21. The van der Waals surface area contributed by atoms with Crippen LogP contribution in [0.4, 0.5) is 0 Å². The van der Waals surface area contributed by atoms with Crippen LogP contribution in [0.1, 0.15) is 0 Å². The van der Waals surface area contributed by atoms with Crippen LogP contribution in [0, 0.1) is 0 Å². The topological polar surface area (TPSA) is 0 Å². The zero-order valence-corrected chi connectivity index (χ0v) is 11.8. The van der Waals surface area contributed by atoms with Gasteiger partial charge in [0.2, 0.25) is 0 Å². The van der Waals surface area contributed by atoms with Crippen molar-refractivity contribution < 1.29 is 0 Å². The molecule has 54 valence electrons. The van der Waals surface area contributed by atoms with Gasteiger partial charge in [0.25, 0.3) is 0 Å². The van der Waals surface area contributed by atoms with Gasteiger partial charge in [-0.15, -0.1) is 0 Å². The van der Waals surface area contributed by atoms with E-state index in [1.807, 2.05) is 30.3 Å². The zero-order valence-electron chi connectivity index (χ0n) is 5.02. The Bertz CT molecular complexity index is 207. The molecule has 0 nitrogen and oxygen atoms in total. The quantitative estimate of drug-likeness (QED) is 0.647. The molecule has 0 saturated heterocycles. The van der Waals surface area contributed by atoms with Crippen molar-refractivity contribution in [2.24, 2.45) is 0 Å². The minimum atomic E-state index is -2.62. The normalized spacial score (nSPS) is 11.5. The Balaban J connectivity index is 2.97. The van der Waals surface area contributed by atoms with E-state index < -0.39 is 12.8 Å². The van der Waals surface area contributed by atoms with Gasteiger partial charge in [0.15, 0.2) is 0 Å². The molecule has 0 aliphatic rings. The molecule has 0 heterocycles. The van der Waals surface area contributed by atoms with Crippen molar-refractivity contribution in [3.63, 3.8) is 0 Å². The van der Waals surface area contributed by atoms with Crippen molar-refractivity contribution in [1.29, 1.82) is 0 Å². The van der Waals surface area contributed by atoms with E-state index in [4.69, 9.17) is 8.92 Å². The maximum absolute atomic E-state index is 6.10. The summed E-state index contributed by atoms with van der Waals surface area (Å²) in [7, 11) is 6.10. The molecule has 0 radical (unpaired) electrons. The number of benzene rings is 1. The van der Waals surface area contributed by atoms with E-state index in [1.165, 1.54) is 3.58 Å². The first-order valence-corrected chi connectivity index (χ1v) is 20.6. The Hall–Kier alpha value is 1.27. The molecule has 0 atom stereocenters. The summed E-state index contributed by atoms with van der Waals surface area (Å²) >= 11 is 4.34. The van der Waals surface area contributed by atoms with Gasteiger partial charge in [0.05, 0.1) is 0 Å². The molecule has 4 heteroatoms. The number of halogens is 3. The van der Waals surface area contributed by atoms with E-state index in [9.17, 15) is 0 Å². The summed E-state index contributed by atoms with van der Waals surface area (Å²) in [5.74, 6) is 0. The Morgan fingerprint density at radius 2 is 1.60 bits per heavy atom. The second-order valence-electron chi connectivity index (χ2n) is 1.86. The molecule has 1 rings (SSSR count). The molecule has 0 unspecified atom stereocenters. The van der Waals surface area contributed by atoms with Gasteiger partial charge in [-0.25, -0.2) is 0 Å². The molecule has 0 bridgehead atoms. The summed E-state index contributed by atoms with van der Waals surface area (Å²) < 4.78 is 1.21. The monoisotopic (exact) mass is 390 g/mol. The van der Waals surface area contributed by atoms with Gasteiger partial charge in [0.1, 0.15) is 0 Å². The van der Waals surface area contributed by atoms with Crippen LogP contribution in [0.25, 0.3) is 0 Å². The van der Waals surface area contributed by atoms with Crippen LogP contribution < -0.4 is 3.58 Å². The number of rotatable bonds is 1. The van der Waals surface area contributed by atoms with E-state index >= 15 is 0 Å². The van der Waals surface area contributed by atoms with Crippen LogP contribution in [-0.2, 0) is 0 Å². The summed E-state index contributed by atoms with van der Waals surface area (Å²) in [5.41, 5.74) is 0. The Labute approximate surface area is 80.1 Å². The molecular weight excluding hydrogens is 386 g/mol. The van der Waals surface area contributed by atoms with Gasteiger partial charge < -0.3 is 0 Å². The second kappa shape index (κ2) is 3.78. The first kappa shape index (κ1) is 9.36. The number of hydrogen-bond donors (Lipinski definition) is 0. The summed E-state index contributed by atoms with van der Waals surface area (Å²) in [6.07, 6.45) is 0. The van der Waals surface area contributed by atoms with Crippen molar-refractivity contribution in [3.05, 3.63) is 30.3 Å². The summed E-state index contributed by atoms with van der Waals surface area (Å²) in [6, 6.07) is 10.0. The molecule has 0 aliphatic heterocycles. The van der Waals surface area contributed by atoms with Crippen molar-refractivity contribution in [3.8, 4) is 0 Å². The fraction of sp³-hybridized carbons (Fsp3) is 0. The molecular formula is C6H5Br2ClSn. The molecule has 0 spiro atoms. The molecule has 0 amide bonds. The van der Waals surface area contributed by atoms with Gasteiger partial charge in [0, 0.05) is 0 Å². The van der Waals surface area contributed by atoms with Crippen molar-refractivity contribution in [2.45, 2.75) is 0 Å². The third kappa shape index (κ3) is 2.72. The molecule has 0 aliphatic carbocycles. The predicted octanol–water partition coefficient (Wildman–Crippen LogP) is 2.86. The Morgan fingerprint density at radius 1 is 1.10 bits per heavy atom. The van der Waals surface area contributed by atoms with E-state index in [-0.39, 0.29) is 0 Å². The molecule has 1 aromatic rings. The van der Waals surface area contributed by atoms with E-state index in [0.29, 0.717) is 0 Å². The van der Waals surface area contributed by atoms with E-state index in [2.05, 4.69) is 25.4 Å². The van der Waals surface area contributed by atoms with Gasteiger partial charge in [-0.2, -0.15) is 0 Å². The van der Waals surface area contributed by atoms with Gasteiger partial charge in [-0.3, -0.25) is 0 Å². The average molecular weight is 391 g/mol. The molecule has 0 fully saturated rings. The summed E-state index contributed by atoms with van der Waals surface area (Å²) in [5, 5.41) is 0. The summed E-state index contributed by atoms with van der Waals surface area (Å²) in [4.78, 5) is 0. The first-order valence-electron chi connectivity index (χ1n) is 2.73. The van der Waals surface area contributed by atoms with Crippen LogP contribution in [0.3, 0.4) is 0 Å².